The Morgan fingerprint density at radius 1 is 1.11 bits per heavy atom. The van der Waals surface area contributed by atoms with Gasteiger partial charge in [-0.3, -0.25) is 9.55 Å². The van der Waals surface area contributed by atoms with Gasteiger partial charge in [0.25, 0.3) is 0 Å². The first-order valence-corrected chi connectivity index (χ1v) is 9.79. The molecule has 0 atom stereocenters. The predicted molar refractivity (Wildman–Crippen MR) is 103 cm³/mol. The lowest BCUT2D eigenvalue weighted by atomic mass is 10.2. The number of pyridine rings is 1. The highest BCUT2D eigenvalue weighted by Crippen LogP contribution is 2.10. The number of hydrogen-bond acceptors (Lipinski definition) is 5. The third-order valence-corrected chi connectivity index (χ3v) is 4.90. The van der Waals surface area contributed by atoms with Crippen LogP contribution in [-0.4, -0.2) is 34.3 Å². The SMILES string of the molecule is Cn1c(-c2ccccn2)nn(CCNS(=O)(=O)C=Cc2ccccc2)c1=O. The number of nitrogens with zero attached hydrogens (tertiary/aromatic N) is 4. The standard InChI is InChI=1S/C18H19N5O3S/c1-22-17(16-9-5-6-11-19-16)21-23(18(22)24)13-12-20-27(25,26)14-10-15-7-3-2-4-8-15/h2-11,14,20H,12-13H2,1H3. The highest BCUT2D eigenvalue weighted by atomic mass is 32.2. The van der Waals surface area contributed by atoms with E-state index < -0.39 is 10.0 Å². The fraction of sp³-hybridized carbons (Fsp3) is 0.167. The van der Waals surface area contributed by atoms with Crippen LogP contribution in [0.4, 0.5) is 0 Å². The van der Waals surface area contributed by atoms with Crippen molar-refractivity contribution in [3.05, 3.63) is 76.2 Å². The van der Waals surface area contributed by atoms with E-state index in [2.05, 4.69) is 14.8 Å². The van der Waals surface area contributed by atoms with Gasteiger partial charge in [-0.15, -0.1) is 5.10 Å². The monoisotopic (exact) mass is 385 g/mol. The van der Waals surface area contributed by atoms with Crippen LogP contribution in [0, 0.1) is 0 Å². The third-order valence-electron chi connectivity index (χ3n) is 3.80. The molecule has 0 amide bonds. The molecule has 3 aromatic rings. The summed E-state index contributed by atoms with van der Waals surface area (Å²) in [5.41, 5.74) is 1.01. The molecular formula is C18H19N5O3S. The van der Waals surface area contributed by atoms with Crippen LogP contribution in [0.1, 0.15) is 5.56 Å². The minimum absolute atomic E-state index is 0.0417. The Morgan fingerprint density at radius 2 is 1.85 bits per heavy atom. The molecule has 9 heteroatoms. The van der Waals surface area contributed by atoms with Gasteiger partial charge in [0, 0.05) is 25.2 Å². The number of benzene rings is 1. The van der Waals surface area contributed by atoms with Gasteiger partial charge in [0.2, 0.25) is 10.0 Å². The van der Waals surface area contributed by atoms with Gasteiger partial charge in [0.1, 0.15) is 5.69 Å². The lowest BCUT2D eigenvalue weighted by molar-refractivity contribution is 0.556. The van der Waals surface area contributed by atoms with E-state index in [9.17, 15) is 13.2 Å². The molecule has 0 saturated heterocycles. The summed E-state index contributed by atoms with van der Waals surface area (Å²) in [7, 11) is -2.01. The highest BCUT2D eigenvalue weighted by Gasteiger charge is 2.13. The average Bonchev–Trinajstić information content (AvgIpc) is 2.96. The molecule has 0 aliphatic heterocycles. The zero-order chi connectivity index (χ0) is 19.3. The zero-order valence-electron chi connectivity index (χ0n) is 14.7. The summed E-state index contributed by atoms with van der Waals surface area (Å²) in [5.74, 6) is 0.424. The van der Waals surface area contributed by atoms with Crippen molar-refractivity contribution in [1.82, 2.24) is 24.1 Å². The molecule has 0 bridgehead atoms. The molecular weight excluding hydrogens is 366 g/mol. The first-order valence-electron chi connectivity index (χ1n) is 8.24. The Morgan fingerprint density at radius 3 is 2.56 bits per heavy atom. The first kappa shape index (κ1) is 18.7. The van der Waals surface area contributed by atoms with E-state index in [-0.39, 0.29) is 18.8 Å². The summed E-state index contributed by atoms with van der Waals surface area (Å²) in [6.07, 6.45) is 3.13. The fourth-order valence-corrected chi connectivity index (χ4v) is 3.23. The summed E-state index contributed by atoms with van der Waals surface area (Å²) in [6, 6.07) is 14.4. The normalized spacial score (nSPS) is 11.9. The molecule has 0 spiro atoms. The van der Waals surface area contributed by atoms with E-state index >= 15 is 0 Å². The number of nitrogens with one attached hydrogen (secondary N) is 1. The van der Waals surface area contributed by atoms with Crippen molar-refractivity contribution < 1.29 is 8.42 Å². The second-order valence-electron chi connectivity index (χ2n) is 5.76. The zero-order valence-corrected chi connectivity index (χ0v) is 15.5. The summed E-state index contributed by atoms with van der Waals surface area (Å²) < 4.78 is 29.1. The summed E-state index contributed by atoms with van der Waals surface area (Å²) in [5, 5.41) is 5.34. The van der Waals surface area contributed by atoms with E-state index in [1.54, 1.807) is 43.6 Å². The number of rotatable bonds is 7. The van der Waals surface area contributed by atoms with Gasteiger partial charge in [-0.25, -0.2) is 22.6 Å². The van der Waals surface area contributed by atoms with Crippen LogP contribution in [-0.2, 0) is 23.6 Å². The van der Waals surface area contributed by atoms with Crippen LogP contribution in [0.3, 0.4) is 0 Å². The Bertz CT molecular complexity index is 1090. The lowest BCUT2D eigenvalue weighted by Gasteiger charge is -2.02. The molecule has 0 aliphatic rings. The molecule has 3 rings (SSSR count). The predicted octanol–water partition coefficient (Wildman–Crippen LogP) is 1.23. The molecule has 2 aromatic heterocycles. The van der Waals surface area contributed by atoms with Crippen molar-refractivity contribution in [2.45, 2.75) is 6.54 Å². The van der Waals surface area contributed by atoms with Crippen LogP contribution in [0.25, 0.3) is 17.6 Å². The van der Waals surface area contributed by atoms with Crippen LogP contribution < -0.4 is 10.4 Å². The number of aromatic nitrogens is 4. The van der Waals surface area contributed by atoms with Crippen LogP contribution in [0.15, 0.2) is 64.9 Å². The number of sulfonamides is 1. The summed E-state index contributed by atoms with van der Waals surface area (Å²) >= 11 is 0. The summed E-state index contributed by atoms with van der Waals surface area (Å²) in [4.78, 5) is 16.5. The van der Waals surface area contributed by atoms with Gasteiger partial charge in [-0.1, -0.05) is 36.4 Å². The van der Waals surface area contributed by atoms with E-state index in [4.69, 9.17) is 0 Å². The van der Waals surface area contributed by atoms with Gasteiger partial charge in [0.05, 0.1) is 6.54 Å². The topological polar surface area (TPSA) is 98.9 Å². The van der Waals surface area contributed by atoms with E-state index in [0.29, 0.717) is 11.5 Å². The third kappa shape index (κ3) is 4.78. The Balaban J connectivity index is 1.65. The van der Waals surface area contributed by atoms with E-state index in [1.807, 2.05) is 18.2 Å². The Kier molecular flexibility index (Phi) is 5.63. The number of hydrogen-bond donors (Lipinski definition) is 1. The lowest BCUT2D eigenvalue weighted by Crippen LogP contribution is -2.30. The second kappa shape index (κ2) is 8.11. The van der Waals surface area contributed by atoms with Gasteiger partial charge >= 0.3 is 5.69 Å². The van der Waals surface area contributed by atoms with Gasteiger partial charge < -0.3 is 0 Å². The quantitative estimate of drug-likeness (QED) is 0.660. The van der Waals surface area contributed by atoms with Crippen molar-refractivity contribution in [2.24, 2.45) is 7.05 Å². The fourth-order valence-electron chi connectivity index (χ4n) is 2.43. The molecule has 1 aromatic carbocycles. The van der Waals surface area contributed by atoms with Crippen LogP contribution in [0.2, 0.25) is 0 Å². The molecule has 0 fully saturated rings. The Hall–Kier alpha value is -3.04. The van der Waals surface area contributed by atoms with Crippen molar-refractivity contribution >= 4 is 16.1 Å². The van der Waals surface area contributed by atoms with Gasteiger partial charge in [0.15, 0.2) is 5.82 Å². The molecule has 0 saturated carbocycles. The maximum absolute atomic E-state index is 12.3. The van der Waals surface area contributed by atoms with Crippen molar-refractivity contribution in [1.29, 1.82) is 0 Å². The molecule has 0 aliphatic carbocycles. The maximum atomic E-state index is 12.3. The minimum Gasteiger partial charge on any atom is -0.277 e. The molecule has 8 nitrogen and oxygen atoms in total. The van der Waals surface area contributed by atoms with Gasteiger partial charge in [-0.05, 0) is 23.8 Å². The van der Waals surface area contributed by atoms with Crippen LogP contribution in [0.5, 0.6) is 0 Å². The maximum Gasteiger partial charge on any atom is 0.346 e. The van der Waals surface area contributed by atoms with Crippen molar-refractivity contribution in [3.8, 4) is 11.5 Å². The molecule has 0 radical (unpaired) electrons. The smallest absolute Gasteiger partial charge is 0.277 e. The molecule has 27 heavy (non-hydrogen) atoms. The largest absolute Gasteiger partial charge is 0.346 e. The van der Waals surface area contributed by atoms with E-state index in [0.717, 1.165) is 11.0 Å². The van der Waals surface area contributed by atoms with Crippen LogP contribution >= 0.6 is 0 Å². The van der Waals surface area contributed by atoms with Gasteiger partial charge in [-0.2, -0.15) is 0 Å². The Labute approximate surface area is 156 Å². The summed E-state index contributed by atoms with van der Waals surface area (Å²) in [6.45, 7) is 0.151. The molecule has 0 unspecified atom stereocenters. The molecule has 2 heterocycles. The average molecular weight is 385 g/mol. The van der Waals surface area contributed by atoms with Crippen molar-refractivity contribution in [2.75, 3.05) is 6.54 Å². The molecule has 140 valence electrons. The molecule has 1 N–H and O–H groups in total. The highest BCUT2D eigenvalue weighted by molar-refractivity contribution is 7.92. The minimum atomic E-state index is -3.61. The van der Waals surface area contributed by atoms with Crippen molar-refractivity contribution in [3.63, 3.8) is 0 Å². The van der Waals surface area contributed by atoms with E-state index in [1.165, 1.54) is 15.3 Å². The first-order chi connectivity index (χ1) is 13.0. The second-order valence-corrected chi connectivity index (χ2v) is 7.41.